The van der Waals surface area contributed by atoms with Crippen LogP contribution in [0.3, 0.4) is 0 Å². The predicted octanol–water partition coefficient (Wildman–Crippen LogP) is 3.20. The van der Waals surface area contributed by atoms with E-state index in [2.05, 4.69) is 24.3 Å². The molecule has 0 radical (unpaired) electrons. The second-order valence-electron chi connectivity index (χ2n) is 6.12. The molecule has 2 saturated carbocycles. The highest BCUT2D eigenvalue weighted by Gasteiger charge is 2.66. The van der Waals surface area contributed by atoms with E-state index in [0.29, 0.717) is 17.3 Å². The van der Waals surface area contributed by atoms with Crippen LogP contribution in [0.2, 0.25) is 0 Å². The summed E-state index contributed by atoms with van der Waals surface area (Å²) in [5, 5.41) is 3.48. The largest absolute Gasteiger partial charge is 0.150 e. The van der Waals surface area contributed by atoms with Crippen molar-refractivity contribution < 1.29 is 0 Å². The predicted molar refractivity (Wildman–Crippen MR) is 58.2 cm³/mol. The van der Waals surface area contributed by atoms with Crippen LogP contribution >= 0.6 is 0 Å². The standard InChI is InChI=1S/C13H15NO/c1-12-4-2-9-7-13(14-15)5-3-8(6-12)10(12)11(9)13/h2-3,10-11H,4-7H2,1H3/t10?,11?,12?,13-/m1/s1. The van der Waals surface area contributed by atoms with E-state index in [9.17, 15) is 4.91 Å². The molecule has 0 heterocycles. The molecule has 4 aliphatic rings. The summed E-state index contributed by atoms with van der Waals surface area (Å²) in [6.45, 7) is 2.38. The maximum atomic E-state index is 11.1. The van der Waals surface area contributed by atoms with Crippen molar-refractivity contribution in [3.05, 3.63) is 28.2 Å². The van der Waals surface area contributed by atoms with Gasteiger partial charge >= 0.3 is 0 Å². The van der Waals surface area contributed by atoms with Crippen LogP contribution in [-0.2, 0) is 0 Å². The minimum Gasteiger partial charge on any atom is -0.150 e. The lowest BCUT2D eigenvalue weighted by Crippen LogP contribution is -2.62. The van der Waals surface area contributed by atoms with Gasteiger partial charge in [-0.3, -0.25) is 0 Å². The Hall–Kier alpha value is -0.920. The first-order valence-corrected chi connectivity index (χ1v) is 5.91. The third-order valence-corrected chi connectivity index (χ3v) is 5.31. The van der Waals surface area contributed by atoms with Crippen LogP contribution < -0.4 is 0 Å². The van der Waals surface area contributed by atoms with Gasteiger partial charge in [0.1, 0.15) is 5.54 Å². The van der Waals surface area contributed by atoms with Gasteiger partial charge in [0.15, 0.2) is 0 Å². The van der Waals surface area contributed by atoms with E-state index in [1.807, 2.05) is 0 Å². The quantitative estimate of drug-likeness (QED) is 0.473. The van der Waals surface area contributed by atoms with Gasteiger partial charge in [-0.2, -0.15) is 4.91 Å². The summed E-state index contributed by atoms with van der Waals surface area (Å²) >= 11 is 0. The summed E-state index contributed by atoms with van der Waals surface area (Å²) < 4.78 is 0. The summed E-state index contributed by atoms with van der Waals surface area (Å²) in [7, 11) is 0. The minimum absolute atomic E-state index is 0.234. The topological polar surface area (TPSA) is 29.4 Å². The molecular formula is C13H15NO. The molecule has 0 bridgehead atoms. The molecular weight excluding hydrogens is 186 g/mol. The molecule has 2 nitrogen and oxygen atoms in total. The van der Waals surface area contributed by atoms with E-state index < -0.39 is 0 Å². The van der Waals surface area contributed by atoms with Gasteiger partial charge < -0.3 is 0 Å². The van der Waals surface area contributed by atoms with Crippen molar-refractivity contribution in [1.29, 1.82) is 0 Å². The van der Waals surface area contributed by atoms with Crippen molar-refractivity contribution in [2.45, 2.75) is 38.1 Å². The Kier molecular flexibility index (Phi) is 1.16. The van der Waals surface area contributed by atoms with Gasteiger partial charge in [-0.05, 0) is 37.0 Å². The molecule has 0 N–H and O–H groups in total. The summed E-state index contributed by atoms with van der Waals surface area (Å²) in [6, 6.07) is 0. The molecule has 0 aliphatic heterocycles. The van der Waals surface area contributed by atoms with Crippen molar-refractivity contribution in [2.24, 2.45) is 22.4 Å². The summed E-state index contributed by atoms with van der Waals surface area (Å²) in [4.78, 5) is 11.1. The lowest BCUT2D eigenvalue weighted by Gasteiger charge is -2.66. The van der Waals surface area contributed by atoms with Crippen molar-refractivity contribution in [3.63, 3.8) is 0 Å². The van der Waals surface area contributed by atoms with Crippen molar-refractivity contribution in [3.8, 4) is 0 Å². The Balaban J connectivity index is 1.89. The number of nitrogens with zero attached hydrogens (tertiary/aromatic N) is 1. The van der Waals surface area contributed by atoms with E-state index in [-0.39, 0.29) is 5.54 Å². The minimum atomic E-state index is -0.234. The Labute approximate surface area is 89.4 Å². The monoisotopic (exact) mass is 201 g/mol. The highest BCUT2D eigenvalue weighted by atomic mass is 16.3. The zero-order valence-corrected chi connectivity index (χ0v) is 8.99. The molecule has 2 heteroatoms. The van der Waals surface area contributed by atoms with Crippen LogP contribution in [0.4, 0.5) is 0 Å². The highest BCUT2D eigenvalue weighted by Crippen LogP contribution is 2.70. The summed E-state index contributed by atoms with van der Waals surface area (Å²) in [6.07, 6.45) is 9.03. The van der Waals surface area contributed by atoms with E-state index >= 15 is 0 Å². The van der Waals surface area contributed by atoms with Crippen LogP contribution in [0.25, 0.3) is 0 Å². The van der Waals surface area contributed by atoms with Gasteiger partial charge in [0, 0.05) is 5.92 Å². The molecule has 0 saturated heterocycles. The van der Waals surface area contributed by atoms with Crippen LogP contribution in [0.5, 0.6) is 0 Å². The normalized spacial score (nSPS) is 54.2. The number of nitroso groups, excluding NO2 is 1. The van der Waals surface area contributed by atoms with Gasteiger partial charge in [0.2, 0.25) is 0 Å². The average molecular weight is 201 g/mol. The van der Waals surface area contributed by atoms with Crippen LogP contribution in [0, 0.1) is 22.2 Å². The van der Waals surface area contributed by atoms with Crippen molar-refractivity contribution in [2.75, 3.05) is 0 Å². The number of hydrogen-bond donors (Lipinski definition) is 0. The zero-order valence-electron chi connectivity index (χ0n) is 8.99. The number of rotatable bonds is 1. The fourth-order valence-corrected chi connectivity index (χ4v) is 4.53. The highest BCUT2D eigenvalue weighted by molar-refractivity contribution is 5.46. The van der Waals surface area contributed by atoms with Gasteiger partial charge in [-0.25, -0.2) is 0 Å². The molecule has 0 spiro atoms. The molecule has 4 aliphatic carbocycles. The third kappa shape index (κ3) is 0.695. The van der Waals surface area contributed by atoms with Crippen molar-refractivity contribution in [1.82, 2.24) is 0 Å². The first-order valence-electron chi connectivity index (χ1n) is 5.91. The lowest BCUT2D eigenvalue weighted by molar-refractivity contribution is -0.00753. The summed E-state index contributed by atoms with van der Waals surface area (Å²) in [5.74, 6) is 1.15. The molecule has 0 aromatic carbocycles. The summed E-state index contributed by atoms with van der Waals surface area (Å²) in [5.41, 5.74) is 3.37. The molecule has 2 fully saturated rings. The molecule has 4 rings (SSSR count). The molecule has 15 heavy (non-hydrogen) atoms. The molecule has 3 unspecified atom stereocenters. The van der Waals surface area contributed by atoms with E-state index in [1.165, 1.54) is 18.4 Å². The van der Waals surface area contributed by atoms with Gasteiger partial charge in [-0.1, -0.05) is 35.4 Å². The van der Waals surface area contributed by atoms with Gasteiger partial charge in [-0.15, -0.1) is 0 Å². The first kappa shape index (κ1) is 8.26. The number of hydrogen-bond acceptors (Lipinski definition) is 2. The molecule has 0 aromatic rings. The van der Waals surface area contributed by atoms with E-state index in [0.717, 1.165) is 12.8 Å². The first-order chi connectivity index (χ1) is 7.19. The molecule has 0 amide bonds. The average Bonchev–Trinajstić information content (AvgIpc) is 2.21. The van der Waals surface area contributed by atoms with E-state index in [4.69, 9.17) is 0 Å². The Bertz CT molecular complexity index is 436. The maximum Gasteiger partial charge on any atom is 0.117 e. The molecule has 78 valence electrons. The van der Waals surface area contributed by atoms with Crippen LogP contribution in [-0.4, -0.2) is 5.54 Å². The zero-order chi connectivity index (χ0) is 10.3. The second kappa shape index (κ2) is 2.11. The molecule has 4 atom stereocenters. The molecule has 0 aromatic heterocycles. The van der Waals surface area contributed by atoms with Crippen LogP contribution in [0.1, 0.15) is 32.6 Å². The van der Waals surface area contributed by atoms with Crippen molar-refractivity contribution >= 4 is 0 Å². The Morgan fingerprint density at radius 2 is 1.93 bits per heavy atom. The SMILES string of the molecule is CC12CC=C3C[C@]4(N=O)CC=C(C1)C2C34. The second-order valence-corrected chi connectivity index (χ2v) is 6.12. The van der Waals surface area contributed by atoms with Gasteiger partial charge in [0.25, 0.3) is 0 Å². The lowest BCUT2D eigenvalue weighted by atomic mass is 9.39. The van der Waals surface area contributed by atoms with E-state index in [1.54, 1.807) is 5.57 Å². The fraction of sp³-hybridized carbons (Fsp3) is 0.692. The third-order valence-electron chi connectivity index (χ3n) is 5.31. The van der Waals surface area contributed by atoms with Crippen LogP contribution in [0.15, 0.2) is 28.5 Å². The number of allylic oxidation sites excluding steroid dienone is 2. The Morgan fingerprint density at radius 3 is 2.73 bits per heavy atom. The fourth-order valence-electron chi connectivity index (χ4n) is 4.53. The Morgan fingerprint density at radius 1 is 1.20 bits per heavy atom. The smallest absolute Gasteiger partial charge is 0.117 e. The maximum absolute atomic E-state index is 11.1. The van der Waals surface area contributed by atoms with Gasteiger partial charge in [0.05, 0.1) is 0 Å².